The van der Waals surface area contributed by atoms with Gasteiger partial charge in [0.25, 0.3) is 0 Å². The number of aromatic nitrogens is 2. The standard InChI is InChI=1S/C21H18N2O6/c1-26-19-12-23(15-5-3-2-4-6-15)22-20(19)21(25)29-13-16(24)14-7-8-17-18(11-14)28-10-9-27-17/h2-8,11-12H,9-10,13H2,1H3. The molecule has 29 heavy (non-hydrogen) atoms. The number of nitrogens with zero attached hydrogens (tertiary/aromatic N) is 2. The molecule has 8 nitrogen and oxygen atoms in total. The summed E-state index contributed by atoms with van der Waals surface area (Å²) in [4.78, 5) is 24.9. The first-order valence-corrected chi connectivity index (χ1v) is 8.95. The van der Waals surface area contributed by atoms with Crippen molar-refractivity contribution in [1.82, 2.24) is 9.78 Å². The summed E-state index contributed by atoms with van der Waals surface area (Å²) in [6.07, 6.45) is 1.58. The summed E-state index contributed by atoms with van der Waals surface area (Å²) >= 11 is 0. The first kappa shape index (κ1) is 18.5. The second-order valence-corrected chi connectivity index (χ2v) is 6.18. The number of benzene rings is 2. The van der Waals surface area contributed by atoms with Gasteiger partial charge in [0.2, 0.25) is 5.69 Å². The van der Waals surface area contributed by atoms with E-state index in [4.69, 9.17) is 18.9 Å². The van der Waals surface area contributed by atoms with Gasteiger partial charge in [-0.1, -0.05) is 18.2 Å². The Morgan fingerprint density at radius 2 is 1.83 bits per heavy atom. The number of ether oxygens (including phenoxy) is 4. The van der Waals surface area contributed by atoms with Crippen molar-refractivity contribution >= 4 is 11.8 Å². The second kappa shape index (κ2) is 8.05. The zero-order chi connectivity index (χ0) is 20.2. The van der Waals surface area contributed by atoms with E-state index in [-0.39, 0.29) is 17.2 Å². The minimum atomic E-state index is -0.748. The van der Waals surface area contributed by atoms with Gasteiger partial charge in [0.15, 0.2) is 29.6 Å². The largest absolute Gasteiger partial charge is 0.493 e. The Hall–Kier alpha value is -3.81. The number of para-hydroxylation sites is 1. The monoisotopic (exact) mass is 394 g/mol. The lowest BCUT2D eigenvalue weighted by atomic mass is 10.1. The van der Waals surface area contributed by atoms with Crippen molar-refractivity contribution in [3.05, 3.63) is 66.0 Å². The first-order chi connectivity index (χ1) is 14.2. The van der Waals surface area contributed by atoms with E-state index in [2.05, 4.69) is 5.10 Å². The Morgan fingerprint density at radius 1 is 1.07 bits per heavy atom. The molecule has 4 rings (SSSR count). The fourth-order valence-corrected chi connectivity index (χ4v) is 2.86. The number of rotatable bonds is 6. The molecule has 0 atom stereocenters. The van der Waals surface area contributed by atoms with E-state index in [1.807, 2.05) is 30.3 Å². The van der Waals surface area contributed by atoms with Gasteiger partial charge in [0.05, 0.1) is 19.0 Å². The minimum Gasteiger partial charge on any atom is -0.493 e. The molecule has 0 unspecified atom stereocenters. The normalized spacial score (nSPS) is 12.3. The third-order valence-corrected chi connectivity index (χ3v) is 4.31. The molecule has 8 heteroatoms. The number of ketones is 1. The van der Waals surface area contributed by atoms with Gasteiger partial charge < -0.3 is 18.9 Å². The number of esters is 1. The molecule has 0 saturated carbocycles. The van der Waals surface area contributed by atoms with Crippen molar-refractivity contribution in [2.24, 2.45) is 0 Å². The lowest BCUT2D eigenvalue weighted by Gasteiger charge is -2.18. The number of carbonyl (C=O) groups is 2. The smallest absolute Gasteiger partial charge is 0.363 e. The minimum absolute atomic E-state index is 0.00803. The maximum Gasteiger partial charge on any atom is 0.363 e. The van der Waals surface area contributed by atoms with E-state index in [0.29, 0.717) is 30.3 Å². The highest BCUT2D eigenvalue weighted by atomic mass is 16.6. The Bertz CT molecular complexity index is 1040. The van der Waals surface area contributed by atoms with Crippen LogP contribution in [0.25, 0.3) is 5.69 Å². The Morgan fingerprint density at radius 3 is 2.59 bits per heavy atom. The fourth-order valence-electron chi connectivity index (χ4n) is 2.86. The van der Waals surface area contributed by atoms with Crippen LogP contribution in [0, 0.1) is 0 Å². The van der Waals surface area contributed by atoms with E-state index in [9.17, 15) is 9.59 Å². The molecule has 0 aliphatic carbocycles. The molecule has 0 radical (unpaired) electrons. The average Bonchev–Trinajstić information content (AvgIpc) is 3.22. The van der Waals surface area contributed by atoms with Crippen molar-refractivity contribution in [2.45, 2.75) is 0 Å². The highest BCUT2D eigenvalue weighted by molar-refractivity contribution is 6.00. The van der Waals surface area contributed by atoms with Crippen molar-refractivity contribution in [2.75, 3.05) is 26.9 Å². The molecule has 148 valence electrons. The van der Waals surface area contributed by atoms with Crippen LogP contribution in [-0.2, 0) is 4.74 Å². The van der Waals surface area contributed by atoms with Crippen LogP contribution in [0.4, 0.5) is 0 Å². The number of fused-ring (bicyclic) bond motifs is 1. The van der Waals surface area contributed by atoms with Crippen molar-refractivity contribution < 1.29 is 28.5 Å². The average molecular weight is 394 g/mol. The molecule has 0 N–H and O–H groups in total. The van der Waals surface area contributed by atoms with Crippen LogP contribution >= 0.6 is 0 Å². The summed E-state index contributed by atoms with van der Waals surface area (Å²) in [6.45, 7) is 0.457. The van der Waals surface area contributed by atoms with Gasteiger partial charge in [0.1, 0.15) is 13.2 Å². The first-order valence-electron chi connectivity index (χ1n) is 8.95. The number of Topliss-reactive ketones (excluding diaryl/α,β-unsaturated/α-hetero) is 1. The van der Waals surface area contributed by atoms with E-state index >= 15 is 0 Å². The predicted octanol–water partition coefficient (Wildman–Crippen LogP) is 2.69. The quantitative estimate of drug-likeness (QED) is 0.469. The molecule has 3 aromatic rings. The Balaban J connectivity index is 1.46. The van der Waals surface area contributed by atoms with Gasteiger partial charge in [-0.15, -0.1) is 0 Å². The number of methoxy groups -OCH3 is 1. The molecule has 1 aliphatic rings. The van der Waals surface area contributed by atoms with Crippen molar-refractivity contribution in [3.8, 4) is 22.9 Å². The van der Waals surface area contributed by atoms with Gasteiger partial charge in [-0.2, -0.15) is 5.10 Å². The fraction of sp³-hybridized carbons (Fsp3) is 0.190. The number of hydrogen-bond donors (Lipinski definition) is 0. The molecule has 0 fully saturated rings. The van der Waals surface area contributed by atoms with Crippen LogP contribution in [0.15, 0.2) is 54.7 Å². The second-order valence-electron chi connectivity index (χ2n) is 6.18. The van der Waals surface area contributed by atoms with Crippen molar-refractivity contribution in [3.63, 3.8) is 0 Å². The van der Waals surface area contributed by atoms with Gasteiger partial charge in [-0.05, 0) is 30.3 Å². The van der Waals surface area contributed by atoms with E-state index in [0.717, 1.165) is 5.69 Å². The van der Waals surface area contributed by atoms with Gasteiger partial charge in [0, 0.05) is 5.56 Å². The third kappa shape index (κ3) is 3.91. The molecular formula is C21H18N2O6. The molecule has 0 bridgehead atoms. The van der Waals surface area contributed by atoms with Gasteiger partial charge in [-0.25, -0.2) is 9.48 Å². The lowest BCUT2D eigenvalue weighted by molar-refractivity contribution is 0.0465. The highest BCUT2D eigenvalue weighted by Crippen LogP contribution is 2.31. The molecule has 2 heterocycles. The summed E-state index contributed by atoms with van der Waals surface area (Å²) in [5.74, 6) is 0.225. The van der Waals surface area contributed by atoms with Gasteiger partial charge >= 0.3 is 5.97 Å². The van der Waals surface area contributed by atoms with Gasteiger partial charge in [-0.3, -0.25) is 4.79 Å². The van der Waals surface area contributed by atoms with Crippen LogP contribution in [-0.4, -0.2) is 48.5 Å². The molecule has 1 aromatic heterocycles. The zero-order valence-corrected chi connectivity index (χ0v) is 15.7. The highest BCUT2D eigenvalue weighted by Gasteiger charge is 2.22. The van der Waals surface area contributed by atoms with E-state index in [1.54, 1.807) is 24.4 Å². The van der Waals surface area contributed by atoms with E-state index < -0.39 is 12.6 Å². The Kier molecular flexibility index (Phi) is 5.15. The molecule has 0 amide bonds. The molecule has 0 spiro atoms. The maximum absolute atomic E-state index is 12.5. The summed E-state index contributed by atoms with van der Waals surface area (Å²) in [6, 6.07) is 14.1. The number of carbonyl (C=O) groups excluding carboxylic acids is 2. The Labute approximate surface area is 166 Å². The molecular weight excluding hydrogens is 376 g/mol. The van der Waals surface area contributed by atoms with Crippen LogP contribution in [0.1, 0.15) is 20.8 Å². The zero-order valence-electron chi connectivity index (χ0n) is 15.7. The van der Waals surface area contributed by atoms with Crippen LogP contribution < -0.4 is 14.2 Å². The summed E-state index contributed by atoms with van der Waals surface area (Å²) < 4.78 is 22.8. The molecule has 2 aromatic carbocycles. The lowest BCUT2D eigenvalue weighted by Crippen LogP contribution is -2.18. The van der Waals surface area contributed by atoms with E-state index in [1.165, 1.54) is 11.8 Å². The molecule has 1 aliphatic heterocycles. The van der Waals surface area contributed by atoms with Crippen molar-refractivity contribution in [1.29, 1.82) is 0 Å². The third-order valence-electron chi connectivity index (χ3n) is 4.31. The summed E-state index contributed by atoms with van der Waals surface area (Å²) in [5.41, 5.74) is 1.12. The predicted molar refractivity (Wildman–Crippen MR) is 102 cm³/mol. The molecule has 0 saturated heterocycles. The maximum atomic E-state index is 12.5. The van der Waals surface area contributed by atoms with Crippen LogP contribution in [0.3, 0.4) is 0 Å². The summed E-state index contributed by atoms with van der Waals surface area (Å²) in [7, 11) is 1.43. The topological polar surface area (TPSA) is 88.9 Å². The number of hydrogen-bond acceptors (Lipinski definition) is 7. The van der Waals surface area contributed by atoms with Crippen LogP contribution in [0.2, 0.25) is 0 Å². The van der Waals surface area contributed by atoms with Crippen LogP contribution in [0.5, 0.6) is 17.2 Å². The summed E-state index contributed by atoms with van der Waals surface area (Å²) in [5, 5.41) is 4.23. The SMILES string of the molecule is COc1cn(-c2ccccc2)nc1C(=O)OCC(=O)c1ccc2c(c1)OCCO2.